The van der Waals surface area contributed by atoms with Gasteiger partial charge in [-0.05, 0) is 35.9 Å². The number of hydrogen-bond donors (Lipinski definition) is 2. The minimum absolute atomic E-state index is 0.00388. The number of carbonyl (C=O) groups excluding carboxylic acids is 2. The summed E-state index contributed by atoms with van der Waals surface area (Å²) in [6.45, 7) is 1.75. The molecular weight excluding hydrogens is 384 g/mol. The van der Waals surface area contributed by atoms with E-state index in [1.54, 1.807) is 26.4 Å². The van der Waals surface area contributed by atoms with E-state index < -0.39 is 0 Å². The highest BCUT2D eigenvalue weighted by atomic mass is 16.5. The number of esters is 1. The SMILES string of the molecule is COC(=O)c1ccc(CNC(=O)C[NH+]2CCC[C@@H]2c2cc(OC)ccc2OC)cc1. The quantitative estimate of drug-likeness (QED) is 0.642. The number of hydrogen-bond acceptors (Lipinski definition) is 5. The van der Waals surface area contributed by atoms with Crippen molar-refractivity contribution >= 4 is 11.9 Å². The van der Waals surface area contributed by atoms with Gasteiger partial charge in [0, 0.05) is 19.4 Å². The third-order valence-corrected chi connectivity index (χ3v) is 5.55. The molecule has 0 aromatic heterocycles. The molecule has 1 saturated heterocycles. The van der Waals surface area contributed by atoms with Crippen molar-refractivity contribution in [2.45, 2.75) is 25.4 Å². The molecule has 30 heavy (non-hydrogen) atoms. The zero-order chi connectivity index (χ0) is 21.5. The monoisotopic (exact) mass is 413 g/mol. The molecule has 1 fully saturated rings. The highest BCUT2D eigenvalue weighted by Crippen LogP contribution is 2.31. The van der Waals surface area contributed by atoms with E-state index in [2.05, 4.69) is 5.32 Å². The van der Waals surface area contributed by atoms with Crippen LogP contribution in [0.4, 0.5) is 0 Å². The third-order valence-electron chi connectivity index (χ3n) is 5.55. The van der Waals surface area contributed by atoms with Crippen molar-refractivity contribution in [2.24, 2.45) is 0 Å². The predicted molar refractivity (Wildman–Crippen MR) is 112 cm³/mol. The Balaban J connectivity index is 1.60. The van der Waals surface area contributed by atoms with Crippen LogP contribution in [0, 0.1) is 0 Å². The first-order valence-electron chi connectivity index (χ1n) is 10.1. The van der Waals surface area contributed by atoms with Crippen molar-refractivity contribution in [2.75, 3.05) is 34.4 Å². The molecule has 2 atom stereocenters. The Kier molecular flexibility index (Phi) is 7.30. The number of rotatable bonds is 8. The van der Waals surface area contributed by atoms with Crippen molar-refractivity contribution < 1.29 is 28.7 Å². The molecule has 2 aromatic carbocycles. The topological polar surface area (TPSA) is 78.3 Å². The lowest BCUT2D eigenvalue weighted by atomic mass is 10.0. The zero-order valence-electron chi connectivity index (χ0n) is 17.7. The Hall–Kier alpha value is -3.06. The van der Waals surface area contributed by atoms with Gasteiger partial charge in [-0.2, -0.15) is 0 Å². The van der Waals surface area contributed by atoms with Crippen LogP contribution < -0.4 is 19.7 Å². The maximum atomic E-state index is 12.6. The van der Waals surface area contributed by atoms with Crippen molar-refractivity contribution in [3.63, 3.8) is 0 Å². The Morgan fingerprint density at radius 1 is 1.07 bits per heavy atom. The molecule has 0 aliphatic carbocycles. The van der Waals surface area contributed by atoms with Gasteiger partial charge in [-0.25, -0.2) is 4.79 Å². The van der Waals surface area contributed by atoms with Gasteiger partial charge in [-0.3, -0.25) is 4.79 Å². The van der Waals surface area contributed by atoms with Gasteiger partial charge in [0.05, 0.1) is 39.0 Å². The second-order valence-electron chi connectivity index (χ2n) is 7.35. The van der Waals surface area contributed by atoms with Crippen molar-refractivity contribution in [1.82, 2.24) is 5.32 Å². The van der Waals surface area contributed by atoms with Crippen LogP contribution in [0.5, 0.6) is 11.5 Å². The Labute approximate surface area is 176 Å². The van der Waals surface area contributed by atoms with E-state index in [9.17, 15) is 9.59 Å². The molecule has 2 N–H and O–H groups in total. The Morgan fingerprint density at radius 2 is 1.83 bits per heavy atom. The Bertz CT molecular complexity index is 882. The minimum Gasteiger partial charge on any atom is -0.497 e. The van der Waals surface area contributed by atoms with Gasteiger partial charge in [0.15, 0.2) is 6.54 Å². The number of ether oxygens (including phenoxy) is 3. The van der Waals surface area contributed by atoms with E-state index in [-0.39, 0.29) is 17.9 Å². The van der Waals surface area contributed by atoms with Gasteiger partial charge in [0.25, 0.3) is 5.91 Å². The van der Waals surface area contributed by atoms with E-state index in [0.717, 1.165) is 42.0 Å². The smallest absolute Gasteiger partial charge is 0.337 e. The van der Waals surface area contributed by atoms with E-state index in [1.807, 2.05) is 30.3 Å². The molecule has 0 bridgehead atoms. The van der Waals surface area contributed by atoms with E-state index in [1.165, 1.54) is 12.0 Å². The summed E-state index contributed by atoms with van der Waals surface area (Å²) in [4.78, 5) is 25.3. The van der Waals surface area contributed by atoms with Crippen LogP contribution >= 0.6 is 0 Å². The van der Waals surface area contributed by atoms with Gasteiger partial charge in [0.1, 0.15) is 17.5 Å². The maximum absolute atomic E-state index is 12.6. The van der Waals surface area contributed by atoms with Crippen molar-refractivity contribution in [1.29, 1.82) is 0 Å². The average molecular weight is 413 g/mol. The molecule has 0 saturated carbocycles. The summed E-state index contributed by atoms with van der Waals surface area (Å²) in [6.07, 6.45) is 2.06. The van der Waals surface area contributed by atoms with Gasteiger partial charge in [-0.15, -0.1) is 0 Å². The molecule has 1 unspecified atom stereocenters. The maximum Gasteiger partial charge on any atom is 0.337 e. The van der Waals surface area contributed by atoms with Crippen LogP contribution in [-0.2, 0) is 16.1 Å². The average Bonchev–Trinajstić information content (AvgIpc) is 3.24. The van der Waals surface area contributed by atoms with Crippen LogP contribution in [0.25, 0.3) is 0 Å². The number of likely N-dealkylation sites (tertiary alicyclic amines) is 1. The highest BCUT2D eigenvalue weighted by Gasteiger charge is 2.33. The summed E-state index contributed by atoms with van der Waals surface area (Å²) in [6, 6.07) is 13.0. The standard InChI is InChI=1S/C23H28N2O5/c1-28-18-10-11-21(29-2)19(13-18)20-5-4-12-25(20)15-22(26)24-14-16-6-8-17(9-7-16)23(27)30-3/h6-11,13,20H,4-5,12,14-15H2,1-3H3,(H,24,26)/p+1/t20-/m1/s1. The fourth-order valence-electron chi connectivity index (χ4n) is 3.96. The molecule has 0 spiro atoms. The summed E-state index contributed by atoms with van der Waals surface area (Å²) in [5.74, 6) is 1.24. The first-order valence-corrected chi connectivity index (χ1v) is 10.1. The second-order valence-corrected chi connectivity index (χ2v) is 7.35. The summed E-state index contributed by atoms with van der Waals surface area (Å²) in [7, 11) is 4.67. The summed E-state index contributed by atoms with van der Waals surface area (Å²) in [5.41, 5.74) is 2.50. The van der Waals surface area contributed by atoms with Gasteiger partial charge >= 0.3 is 5.97 Å². The second kappa shape index (κ2) is 10.1. The van der Waals surface area contributed by atoms with Crippen LogP contribution in [0.15, 0.2) is 42.5 Å². The predicted octanol–water partition coefficient (Wildman–Crippen LogP) is 1.53. The third kappa shape index (κ3) is 5.10. The zero-order valence-corrected chi connectivity index (χ0v) is 17.7. The van der Waals surface area contributed by atoms with Crippen LogP contribution in [0.1, 0.15) is 40.4 Å². The highest BCUT2D eigenvalue weighted by molar-refractivity contribution is 5.89. The molecule has 0 radical (unpaired) electrons. The van der Waals surface area contributed by atoms with Crippen LogP contribution in [0.3, 0.4) is 0 Å². The number of amides is 1. The van der Waals surface area contributed by atoms with Gasteiger partial charge in [0.2, 0.25) is 0 Å². The lowest BCUT2D eigenvalue weighted by molar-refractivity contribution is -0.910. The largest absolute Gasteiger partial charge is 0.497 e. The van der Waals surface area contributed by atoms with Crippen LogP contribution in [0.2, 0.25) is 0 Å². The molecule has 1 aliphatic rings. The number of benzene rings is 2. The van der Waals surface area contributed by atoms with Gasteiger partial charge < -0.3 is 24.4 Å². The van der Waals surface area contributed by atoms with E-state index in [4.69, 9.17) is 14.2 Å². The summed E-state index contributed by atoms with van der Waals surface area (Å²) < 4.78 is 15.6. The summed E-state index contributed by atoms with van der Waals surface area (Å²) >= 11 is 0. The lowest BCUT2D eigenvalue weighted by Gasteiger charge is -2.23. The number of carbonyl (C=O) groups is 2. The van der Waals surface area contributed by atoms with Crippen molar-refractivity contribution in [3.8, 4) is 11.5 Å². The fourth-order valence-corrected chi connectivity index (χ4v) is 3.96. The molecule has 160 valence electrons. The van der Waals surface area contributed by atoms with E-state index in [0.29, 0.717) is 18.7 Å². The van der Waals surface area contributed by atoms with Crippen molar-refractivity contribution in [3.05, 3.63) is 59.2 Å². The molecule has 7 nitrogen and oxygen atoms in total. The molecule has 1 amide bonds. The molecule has 1 aliphatic heterocycles. The first kappa shape index (κ1) is 21.6. The fraction of sp³-hybridized carbons (Fsp3) is 0.391. The normalized spacial score (nSPS) is 18.0. The number of nitrogens with one attached hydrogen (secondary N) is 2. The Morgan fingerprint density at radius 3 is 2.50 bits per heavy atom. The molecular formula is C23H29N2O5+. The molecule has 1 heterocycles. The lowest BCUT2D eigenvalue weighted by Crippen LogP contribution is -3.11. The molecule has 3 rings (SSSR count). The summed E-state index contributed by atoms with van der Waals surface area (Å²) in [5, 5.41) is 2.98. The number of quaternary nitrogens is 1. The first-order chi connectivity index (χ1) is 14.5. The minimum atomic E-state index is -0.373. The van der Waals surface area contributed by atoms with Gasteiger partial charge in [-0.1, -0.05) is 12.1 Å². The molecule has 2 aromatic rings. The van der Waals surface area contributed by atoms with Crippen LogP contribution in [-0.4, -0.2) is 46.3 Å². The van der Waals surface area contributed by atoms with E-state index >= 15 is 0 Å². The molecule has 7 heteroatoms. The number of methoxy groups -OCH3 is 3.